The molecule has 2 rings (SSSR count). The van der Waals surface area contributed by atoms with Crippen molar-refractivity contribution in [1.82, 2.24) is 19.1 Å². The van der Waals surface area contributed by atoms with Crippen LogP contribution in [0.5, 0.6) is 0 Å². The number of aromatic nitrogens is 2. The Morgan fingerprint density at radius 2 is 1.80 bits per heavy atom. The highest BCUT2D eigenvalue weighted by atomic mass is 31.2. The van der Waals surface area contributed by atoms with Gasteiger partial charge in [-0.05, 0) is 47.9 Å². The normalized spacial score (nSPS) is 21.7. The van der Waals surface area contributed by atoms with Crippen LogP contribution in [0, 0.1) is 11.3 Å². The Balaban J connectivity index is 2.56. The van der Waals surface area contributed by atoms with Crippen molar-refractivity contribution in [2.75, 3.05) is 61.3 Å². The van der Waals surface area contributed by atoms with E-state index in [1.165, 1.54) is 42.9 Å². The van der Waals surface area contributed by atoms with Crippen LogP contribution in [-0.4, -0.2) is 111 Å². The molecule has 1 aromatic rings. The summed E-state index contributed by atoms with van der Waals surface area (Å²) in [7, 11) is 1.01. The van der Waals surface area contributed by atoms with Crippen LogP contribution in [0.4, 0.5) is 0 Å². The molecule has 0 bridgehead atoms. The second-order valence-corrected chi connectivity index (χ2v) is 14.1. The molecule has 2 heterocycles. The summed E-state index contributed by atoms with van der Waals surface area (Å²) in [6.45, 7) is 9.75. The van der Waals surface area contributed by atoms with Gasteiger partial charge in [0, 0.05) is 50.9 Å². The highest BCUT2D eigenvalue weighted by molar-refractivity contribution is 7.57. The summed E-state index contributed by atoms with van der Waals surface area (Å²) < 4.78 is 57.4. The standard InChI is InChI=1S/C27H47N5O10P2/c1-20(2)32(21(3)4)43(40-15-9-12-28)42-24-22(11-19-44(35,36-7)37-8)41-26(31-13-10-23(33)29-27(31)34)25(24)39-18-17-38-16-14-30(5)6/h10-11,13,19-22,24-26H,9,14-18H2,1-8H3,(H,29,33,34)/b19-11+/t22-,24-,25-,26-,43?/m1/s1. The maximum atomic E-state index is 12.9. The lowest BCUT2D eigenvalue weighted by atomic mass is 10.1. The molecule has 1 saturated heterocycles. The molecule has 1 aliphatic heterocycles. The second-order valence-electron chi connectivity index (χ2n) is 10.6. The summed E-state index contributed by atoms with van der Waals surface area (Å²) in [5, 5.41) is 9.14. The van der Waals surface area contributed by atoms with E-state index in [4.69, 9.17) is 37.6 Å². The molecule has 1 aliphatic rings. The Bertz CT molecular complexity index is 1220. The summed E-state index contributed by atoms with van der Waals surface area (Å²) in [5.74, 6) is 1.26. The molecule has 1 unspecified atom stereocenters. The van der Waals surface area contributed by atoms with E-state index in [0.29, 0.717) is 6.61 Å². The molecule has 0 amide bonds. The van der Waals surface area contributed by atoms with Gasteiger partial charge >= 0.3 is 13.3 Å². The van der Waals surface area contributed by atoms with E-state index in [2.05, 4.69) is 11.1 Å². The highest BCUT2D eigenvalue weighted by Gasteiger charge is 2.49. The van der Waals surface area contributed by atoms with Gasteiger partial charge in [-0.15, -0.1) is 0 Å². The van der Waals surface area contributed by atoms with Gasteiger partial charge in [0.1, 0.15) is 18.3 Å². The van der Waals surface area contributed by atoms with Crippen molar-refractivity contribution in [3.63, 3.8) is 0 Å². The smallest absolute Gasteiger partial charge is 0.353 e. The number of likely N-dealkylation sites (N-methyl/N-ethyl adjacent to an activating group) is 1. The third-order valence-corrected chi connectivity index (χ3v) is 10.1. The van der Waals surface area contributed by atoms with Crippen molar-refractivity contribution in [1.29, 1.82) is 5.26 Å². The number of hydrogen-bond donors (Lipinski definition) is 1. The van der Waals surface area contributed by atoms with Gasteiger partial charge in [-0.2, -0.15) is 5.26 Å². The molecule has 0 aromatic carbocycles. The summed E-state index contributed by atoms with van der Waals surface area (Å²) in [6.07, 6.45) is -0.865. The van der Waals surface area contributed by atoms with Crippen molar-refractivity contribution in [2.24, 2.45) is 0 Å². The Hall–Kier alpha value is -1.79. The summed E-state index contributed by atoms with van der Waals surface area (Å²) >= 11 is 0. The molecule has 5 atom stereocenters. The SMILES string of the molecule is COP(=O)(/C=C/[C@H]1O[C@@H](n2ccc(=O)[nH]c2=O)[C@H](OCCOCCN(C)C)[C@@H]1OP(OCCC#N)N(C(C)C)C(C)C)OC. The van der Waals surface area contributed by atoms with Crippen LogP contribution in [0.25, 0.3) is 0 Å². The predicted octanol–water partition coefficient (Wildman–Crippen LogP) is 3.06. The fraction of sp³-hybridized carbons (Fsp3) is 0.741. The molecule has 15 nitrogen and oxygen atoms in total. The molecule has 44 heavy (non-hydrogen) atoms. The van der Waals surface area contributed by atoms with E-state index >= 15 is 0 Å². The Morgan fingerprint density at radius 3 is 2.36 bits per heavy atom. The quantitative estimate of drug-likeness (QED) is 0.160. The van der Waals surface area contributed by atoms with E-state index in [9.17, 15) is 14.2 Å². The largest absolute Gasteiger partial charge is 0.378 e. The lowest BCUT2D eigenvalue weighted by molar-refractivity contribution is -0.0800. The van der Waals surface area contributed by atoms with E-state index in [1.54, 1.807) is 0 Å². The highest BCUT2D eigenvalue weighted by Crippen LogP contribution is 2.52. The minimum atomic E-state index is -3.61. The lowest BCUT2D eigenvalue weighted by Gasteiger charge is -2.38. The average molecular weight is 664 g/mol. The number of nitriles is 1. The van der Waals surface area contributed by atoms with Crippen LogP contribution in [0.2, 0.25) is 0 Å². The number of nitrogens with zero attached hydrogens (tertiary/aromatic N) is 4. The van der Waals surface area contributed by atoms with Crippen molar-refractivity contribution in [3.8, 4) is 6.07 Å². The minimum absolute atomic E-state index is 0.00351. The monoisotopic (exact) mass is 663 g/mol. The predicted molar refractivity (Wildman–Crippen MR) is 165 cm³/mol. The maximum Gasteiger partial charge on any atom is 0.353 e. The molecule has 1 N–H and O–H groups in total. The van der Waals surface area contributed by atoms with E-state index in [-0.39, 0.29) is 38.3 Å². The van der Waals surface area contributed by atoms with E-state index < -0.39 is 51.9 Å². The second kappa shape index (κ2) is 19.0. The van der Waals surface area contributed by atoms with Gasteiger partial charge in [-0.25, -0.2) is 9.46 Å². The number of H-pyrrole nitrogens is 1. The van der Waals surface area contributed by atoms with Crippen molar-refractivity contribution in [3.05, 3.63) is 45.0 Å². The molecule has 0 aliphatic carbocycles. The van der Waals surface area contributed by atoms with Crippen molar-refractivity contribution < 1.29 is 36.9 Å². The van der Waals surface area contributed by atoms with Crippen molar-refractivity contribution in [2.45, 2.75) is 70.7 Å². The first-order valence-electron chi connectivity index (χ1n) is 14.3. The van der Waals surface area contributed by atoms with Gasteiger partial charge in [-0.3, -0.25) is 18.9 Å². The minimum Gasteiger partial charge on any atom is -0.378 e. The molecule has 1 aromatic heterocycles. The number of nitrogens with one attached hydrogen (secondary N) is 1. The number of hydrogen-bond acceptors (Lipinski definition) is 13. The Kier molecular flexibility index (Phi) is 16.6. The summed E-state index contributed by atoms with van der Waals surface area (Å²) in [6, 6.07) is 3.29. The van der Waals surface area contributed by atoms with E-state index in [1.807, 2.05) is 51.4 Å². The zero-order valence-corrected chi connectivity index (χ0v) is 28.6. The van der Waals surface area contributed by atoms with Gasteiger partial charge in [0.15, 0.2) is 6.23 Å². The third-order valence-electron chi connectivity index (χ3n) is 6.41. The molecular weight excluding hydrogens is 616 g/mol. The summed E-state index contributed by atoms with van der Waals surface area (Å²) in [5.41, 5.74) is -1.28. The molecule has 250 valence electrons. The lowest BCUT2D eigenvalue weighted by Crippen LogP contribution is -2.42. The average Bonchev–Trinajstić information content (AvgIpc) is 3.29. The Morgan fingerprint density at radius 1 is 1.11 bits per heavy atom. The van der Waals surface area contributed by atoms with Gasteiger partial charge in [-0.1, -0.05) is 0 Å². The molecule has 1 fully saturated rings. The van der Waals surface area contributed by atoms with Gasteiger partial charge in [0.05, 0.1) is 38.9 Å². The molecule has 0 radical (unpaired) electrons. The molecule has 0 spiro atoms. The number of rotatable bonds is 20. The zero-order valence-electron chi connectivity index (χ0n) is 26.8. The fourth-order valence-electron chi connectivity index (χ4n) is 4.35. The number of aromatic amines is 1. The van der Waals surface area contributed by atoms with Crippen LogP contribution >= 0.6 is 16.1 Å². The van der Waals surface area contributed by atoms with Crippen LogP contribution in [0.3, 0.4) is 0 Å². The van der Waals surface area contributed by atoms with Gasteiger partial charge in [0.2, 0.25) is 0 Å². The Labute approximate surface area is 260 Å². The van der Waals surface area contributed by atoms with Gasteiger partial charge < -0.3 is 37.2 Å². The van der Waals surface area contributed by atoms with Crippen LogP contribution in [0.15, 0.2) is 33.7 Å². The van der Waals surface area contributed by atoms with Crippen LogP contribution in [0.1, 0.15) is 40.3 Å². The first-order chi connectivity index (χ1) is 20.9. The van der Waals surface area contributed by atoms with Gasteiger partial charge in [0.25, 0.3) is 14.1 Å². The zero-order chi connectivity index (χ0) is 32.9. The molecular formula is C27H47N5O10P2. The summed E-state index contributed by atoms with van der Waals surface area (Å²) in [4.78, 5) is 29.0. The third kappa shape index (κ3) is 11.5. The maximum absolute atomic E-state index is 12.9. The van der Waals surface area contributed by atoms with Crippen LogP contribution in [-0.2, 0) is 36.9 Å². The van der Waals surface area contributed by atoms with Crippen molar-refractivity contribution >= 4 is 16.1 Å². The number of ether oxygens (including phenoxy) is 3. The first kappa shape index (κ1) is 38.4. The first-order valence-corrected chi connectivity index (χ1v) is 17.1. The molecule has 0 saturated carbocycles. The topological polar surface area (TPSA) is 167 Å². The van der Waals surface area contributed by atoms with E-state index in [0.717, 1.165) is 6.54 Å². The fourth-order valence-corrected chi connectivity index (χ4v) is 6.87. The molecule has 17 heteroatoms. The van der Waals surface area contributed by atoms with Crippen LogP contribution < -0.4 is 11.2 Å².